The average molecular weight is 513 g/mol. The normalized spacial score (nSPS) is 12.4. The molecule has 0 rings (SSSR count). The molecule has 0 atom stereocenters. The van der Waals surface area contributed by atoms with Gasteiger partial charge in [-0.2, -0.15) is 0 Å². The Kier molecular flexibility index (Phi) is 21.6. The summed E-state index contributed by atoms with van der Waals surface area (Å²) in [6.45, 7) is 6.50. The van der Waals surface area contributed by atoms with E-state index in [1.807, 2.05) is 0 Å². The Labute approximate surface area is 212 Å². The number of allylic oxidation sites excluding steroid dienone is 4. The number of ether oxygens (including phenoxy) is 2. The average Bonchev–Trinajstić information content (AvgIpc) is 2.85. The molecule has 0 heterocycles. The number of esters is 2. The van der Waals surface area contributed by atoms with Crippen LogP contribution < -0.4 is 0 Å². The van der Waals surface area contributed by atoms with Crippen LogP contribution in [0.15, 0.2) is 46.6 Å². The van der Waals surface area contributed by atoms with E-state index in [4.69, 9.17) is 29.9 Å². The van der Waals surface area contributed by atoms with Crippen LogP contribution in [0.2, 0.25) is 0 Å². The number of carbonyl (C=O) groups is 4. The SMILES string of the molecule is C/C(=C\CC/C=C(\C)C(=O)OCCCCOC(=O)/C(C)=C/CC/C=C(\C)C(=O)O)C(=O)O.OCCO. The van der Waals surface area contributed by atoms with Crippen molar-refractivity contribution in [3.63, 3.8) is 0 Å². The fraction of sp³-hybridized carbons (Fsp3) is 0.538. The van der Waals surface area contributed by atoms with Gasteiger partial charge in [0.05, 0.1) is 26.4 Å². The molecule has 0 spiro atoms. The van der Waals surface area contributed by atoms with Gasteiger partial charge in [-0.3, -0.25) is 0 Å². The fourth-order valence-electron chi connectivity index (χ4n) is 2.30. The molecule has 0 radical (unpaired) electrons. The molecule has 0 fully saturated rings. The lowest BCUT2D eigenvalue weighted by atomic mass is 10.1. The highest BCUT2D eigenvalue weighted by Gasteiger charge is 2.07. The highest BCUT2D eigenvalue weighted by Crippen LogP contribution is 2.07. The van der Waals surface area contributed by atoms with E-state index in [0.29, 0.717) is 49.7 Å². The highest BCUT2D eigenvalue weighted by molar-refractivity contribution is 5.88. The van der Waals surface area contributed by atoms with Crippen molar-refractivity contribution in [2.24, 2.45) is 0 Å². The largest absolute Gasteiger partial charge is 0.478 e. The Hall–Kier alpha value is -3.24. The molecular formula is C26H40O10. The van der Waals surface area contributed by atoms with Gasteiger partial charge in [0.1, 0.15) is 0 Å². The maximum absolute atomic E-state index is 11.9. The van der Waals surface area contributed by atoms with Crippen molar-refractivity contribution in [2.75, 3.05) is 26.4 Å². The predicted molar refractivity (Wildman–Crippen MR) is 134 cm³/mol. The first kappa shape index (κ1) is 34.9. The monoisotopic (exact) mass is 512 g/mol. The Bertz CT molecular complexity index is 751. The van der Waals surface area contributed by atoms with Gasteiger partial charge >= 0.3 is 23.9 Å². The molecule has 4 N–H and O–H groups in total. The lowest BCUT2D eigenvalue weighted by molar-refractivity contribution is -0.141. The van der Waals surface area contributed by atoms with E-state index in [9.17, 15) is 19.2 Å². The van der Waals surface area contributed by atoms with Crippen molar-refractivity contribution < 1.29 is 49.1 Å². The zero-order valence-electron chi connectivity index (χ0n) is 21.6. The van der Waals surface area contributed by atoms with E-state index in [1.54, 1.807) is 38.2 Å². The van der Waals surface area contributed by atoms with E-state index >= 15 is 0 Å². The Morgan fingerprint density at radius 3 is 1.08 bits per heavy atom. The number of hydrogen-bond donors (Lipinski definition) is 4. The molecule has 0 aliphatic carbocycles. The number of hydrogen-bond acceptors (Lipinski definition) is 8. The van der Waals surface area contributed by atoms with Crippen LogP contribution in [0.3, 0.4) is 0 Å². The van der Waals surface area contributed by atoms with Gasteiger partial charge in [-0.1, -0.05) is 24.3 Å². The van der Waals surface area contributed by atoms with Gasteiger partial charge in [0.2, 0.25) is 0 Å². The summed E-state index contributed by atoms with van der Waals surface area (Å²) in [6.07, 6.45) is 9.88. The third-order valence-electron chi connectivity index (χ3n) is 4.56. The number of carbonyl (C=O) groups excluding carboxylic acids is 2. The van der Waals surface area contributed by atoms with Crippen LogP contribution in [0.1, 0.15) is 66.2 Å². The molecule has 36 heavy (non-hydrogen) atoms. The van der Waals surface area contributed by atoms with Crippen LogP contribution >= 0.6 is 0 Å². The van der Waals surface area contributed by atoms with E-state index in [2.05, 4.69) is 0 Å². The lowest BCUT2D eigenvalue weighted by Crippen LogP contribution is -2.10. The van der Waals surface area contributed by atoms with Gasteiger partial charge in [0, 0.05) is 22.3 Å². The number of aliphatic hydroxyl groups is 2. The molecule has 0 saturated carbocycles. The number of rotatable bonds is 16. The van der Waals surface area contributed by atoms with Gasteiger partial charge < -0.3 is 29.9 Å². The fourth-order valence-corrected chi connectivity index (χ4v) is 2.30. The summed E-state index contributed by atoms with van der Waals surface area (Å²) in [7, 11) is 0. The standard InChI is InChI=1S/C24H34O8.C2H6O2/c1-17(21(25)26)11-5-7-13-19(3)23(29)31-15-9-10-16-32-24(30)20(4)14-8-6-12-18(2)22(27)28;3-1-2-4/h11-14H,5-10,15-16H2,1-4H3,(H,25,26)(H,27,28);3-4H,1-2H2/b17-11+,18-12+,19-13+,20-14+;. The van der Waals surface area contributed by atoms with Gasteiger partial charge in [0.25, 0.3) is 0 Å². The van der Waals surface area contributed by atoms with E-state index in [0.717, 1.165) is 0 Å². The zero-order chi connectivity index (χ0) is 27.9. The molecule has 204 valence electrons. The van der Waals surface area contributed by atoms with Gasteiger partial charge in [-0.25, -0.2) is 19.2 Å². The topological polar surface area (TPSA) is 168 Å². The van der Waals surface area contributed by atoms with Crippen LogP contribution in [0.4, 0.5) is 0 Å². The van der Waals surface area contributed by atoms with Crippen LogP contribution in [-0.4, -0.2) is 70.7 Å². The van der Waals surface area contributed by atoms with Gasteiger partial charge in [-0.05, 0) is 66.2 Å². The second kappa shape index (κ2) is 22.2. The van der Waals surface area contributed by atoms with Crippen molar-refractivity contribution in [1.29, 1.82) is 0 Å². The summed E-state index contributed by atoms with van der Waals surface area (Å²) < 4.78 is 10.3. The molecule has 0 aromatic carbocycles. The van der Waals surface area contributed by atoms with Crippen LogP contribution in [0.5, 0.6) is 0 Å². The Balaban J connectivity index is 0. The van der Waals surface area contributed by atoms with Crippen molar-refractivity contribution >= 4 is 23.9 Å². The van der Waals surface area contributed by atoms with E-state index in [1.165, 1.54) is 13.8 Å². The van der Waals surface area contributed by atoms with Gasteiger partial charge in [-0.15, -0.1) is 0 Å². The first-order valence-corrected chi connectivity index (χ1v) is 11.7. The number of aliphatic carboxylic acids is 2. The molecule has 10 heteroatoms. The van der Waals surface area contributed by atoms with Crippen LogP contribution in [0, 0.1) is 0 Å². The van der Waals surface area contributed by atoms with E-state index in [-0.39, 0.29) is 37.6 Å². The number of carboxylic acids is 2. The summed E-state index contributed by atoms with van der Waals surface area (Å²) in [5.74, 6) is -2.76. The minimum absolute atomic E-state index is 0.125. The molecule has 0 amide bonds. The summed E-state index contributed by atoms with van der Waals surface area (Å²) >= 11 is 0. The van der Waals surface area contributed by atoms with Crippen LogP contribution in [0.25, 0.3) is 0 Å². The maximum atomic E-state index is 11.9. The summed E-state index contributed by atoms with van der Waals surface area (Å²) in [4.78, 5) is 45.1. The summed E-state index contributed by atoms with van der Waals surface area (Å²) in [6, 6.07) is 0. The Morgan fingerprint density at radius 1 is 0.556 bits per heavy atom. The van der Waals surface area contributed by atoms with Crippen molar-refractivity contribution in [3.05, 3.63) is 46.6 Å². The van der Waals surface area contributed by atoms with Crippen molar-refractivity contribution in [1.82, 2.24) is 0 Å². The third kappa shape index (κ3) is 20.2. The smallest absolute Gasteiger partial charge is 0.333 e. The zero-order valence-corrected chi connectivity index (χ0v) is 21.6. The second-order valence-electron chi connectivity index (χ2n) is 7.74. The quantitative estimate of drug-likeness (QED) is 0.137. The molecule has 0 unspecified atom stereocenters. The predicted octanol–water partition coefficient (Wildman–Crippen LogP) is 3.34. The first-order valence-electron chi connectivity index (χ1n) is 11.7. The number of carboxylic acid groups (broad SMARTS) is 2. The third-order valence-corrected chi connectivity index (χ3v) is 4.56. The summed E-state index contributed by atoms with van der Waals surface area (Å²) in [5, 5.41) is 32.8. The molecular weight excluding hydrogens is 472 g/mol. The Morgan fingerprint density at radius 2 is 0.833 bits per heavy atom. The van der Waals surface area contributed by atoms with E-state index < -0.39 is 23.9 Å². The van der Waals surface area contributed by atoms with Gasteiger partial charge in [0.15, 0.2) is 0 Å². The number of aliphatic hydroxyl groups excluding tert-OH is 2. The molecule has 0 saturated heterocycles. The molecule has 0 aromatic heterocycles. The molecule has 0 aromatic rings. The van der Waals surface area contributed by atoms with Crippen molar-refractivity contribution in [3.8, 4) is 0 Å². The molecule has 10 nitrogen and oxygen atoms in total. The minimum Gasteiger partial charge on any atom is -0.478 e. The van der Waals surface area contributed by atoms with Crippen LogP contribution in [-0.2, 0) is 28.7 Å². The number of unbranched alkanes of at least 4 members (excludes halogenated alkanes) is 3. The highest BCUT2D eigenvalue weighted by atomic mass is 16.5. The second-order valence-corrected chi connectivity index (χ2v) is 7.74. The molecule has 0 aliphatic heterocycles. The summed E-state index contributed by atoms with van der Waals surface area (Å²) in [5.41, 5.74) is 1.47. The molecule has 0 bridgehead atoms. The first-order chi connectivity index (χ1) is 17.0. The lowest BCUT2D eigenvalue weighted by Gasteiger charge is -2.07. The molecule has 0 aliphatic rings. The van der Waals surface area contributed by atoms with Crippen molar-refractivity contribution in [2.45, 2.75) is 66.2 Å². The maximum Gasteiger partial charge on any atom is 0.333 e. The minimum atomic E-state index is -0.956.